The van der Waals surface area contributed by atoms with Crippen LogP contribution in [0.25, 0.3) is 11.0 Å². The van der Waals surface area contributed by atoms with E-state index in [4.69, 9.17) is 11.6 Å². The van der Waals surface area contributed by atoms with Gasteiger partial charge in [-0.15, -0.1) is 0 Å². The van der Waals surface area contributed by atoms with Crippen molar-refractivity contribution in [2.24, 2.45) is 0 Å². The van der Waals surface area contributed by atoms with Gasteiger partial charge in [-0.2, -0.15) is 0 Å². The summed E-state index contributed by atoms with van der Waals surface area (Å²) >= 11 is 5.78. The zero-order chi connectivity index (χ0) is 17.6. The molecule has 7 heteroatoms. The van der Waals surface area contributed by atoms with Crippen molar-refractivity contribution in [1.29, 1.82) is 0 Å². The number of hydrogen-bond donors (Lipinski definition) is 3. The minimum atomic E-state index is -0.234. The van der Waals surface area contributed by atoms with Gasteiger partial charge in [0, 0.05) is 23.6 Å². The fourth-order valence-electron chi connectivity index (χ4n) is 2.35. The van der Waals surface area contributed by atoms with Crippen LogP contribution in [0.4, 0.5) is 0 Å². The average molecular weight is 357 g/mol. The zero-order valence-electron chi connectivity index (χ0n) is 13.4. The molecule has 3 rings (SSSR count). The molecule has 0 unspecified atom stereocenters. The second-order valence-corrected chi connectivity index (χ2v) is 5.93. The summed E-state index contributed by atoms with van der Waals surface area (Å²) in [4.78, 5) is 31.3. The molecule has 1 aromatic heterocycles. The molecule has 2 aromatic carbocycles. The summed E-state index contributed by atoms with van der Waals surface area (Å²) in [6.07, 6.45) is 0.194. The minimum Gasteiger partial charge on any atom is -0.352 e. The van der Waals surface area contributed by atoms with E-state index in [0.717, 1.165) is 11.0 Å². The van der Waals surface area contributed by atoms with Crippen LogP contribution in [0.2, 0.25) is 5.02 Å². The summed E-state index contributed by atoms with van der Waals surface area (Å²) < 4.78 is 0. The maximum Gasteiger partial charge on any atom is 0.251 e. The summed E-state index contributed by atoms with van der Waals surface area (Å²) in [5.74, 6) is 0.304. The van der Waals surface area contributed by atoms with Gasteiger partial charge in [0.2, 0.25) is 5.91 Å². The van der Waals surface area contributed by atoms with Crippen LogP contribution in [-0.2, 0) is 11.3 Å². The lowest BCUT2D eigenvalue weighted by Crippen LogP contribution is -2.30. The van der Waals surface area contributed by atoms with Crippen molar-refractivity contribution in [3.63, 3.8) is 0 Å². The molecule has 2 amide bonds. The maximum atomic E-state index is 11.9. The van der Waals surface area contributed by atoms with Gasteiger partial charge in [0.05, 0.1) is 17.6 Å². The molecular formula is C18H17ClN4O2. The fourth-order valence-corrected chi connectivity index (χ4v) is 2.48. The number of hydrogen-bond acceptors (Lipinski definition) is 3. The number of carbonyl (C=O) groups excluding carboxylic acids is 2. The minimum absolute atomic E-state index is 0.156. The lowest BCUT2D eigenvalue weighted by molar-refractivity contribution is -0.121. The van der Waals surface area contributed by atoms with Crippen molar-refractivity contribution in [3.8, 4) is 0 Å². The van der Waals surface area contributed by atoms with E-state index in [9.17, 15) is 9.59 Å². The molecule has 3 aromatic rings. The Labute approximate surface area is 149 Å². The number of rotatable bonds is 6. The summed E-state index contributed by atoms with van der Waals surface area (Å²) in [6.45, 7) is 0.575. The molecule has 3 N–H and O–H groups in total. The van der Waals surface area contributed by atoms with Gasteiger partial charge in [0.25, 0.3) is 5.91 Å². The summed E-state index contributed by atoms with van der Waals surface area (Å²) in [7, 11) is 0. The number of nitrogens with zero attached hydrogens (tertiary/aromatic N) is 1. The Morgan fingerprint density at radius 3 is 2.56 bits per heavy atom. The number of imidazole rings is 1. The number of aromatic nitrogens is 2. The van der Waals surface area contributed by atoms with Crippen molar-refractivity contribution in [3.05, 3.63) is 64.9 Å². The van der Waals surface area contributed by atoms with Gasteiger partial charge in [0.1, 0.15) is 5.82 Å². The molecule has 1 heterocycles. The Balaban J connectivity index is 1.42. The molecule has 0 saturated heterocycles. The highest BCUT2D eigenvalue weighted by Crippen LogP contribution is 2.10. The number of carbonyl (C=O) groups is 2. The Kier molecular flexibility index (Phi) is 5.30. The van der Waals surface area contributed by atoms with E-state index in [1.807, 2.05) is 24.3 Å². The van der Waals surface area contributed by atoms with Crippen molar-refractivity contribution >= 4 is 34.4 Å². The van der Waals surface area contributed by atoms with Crippen molar-refractivity contribution in [2.75, 3.05) is 6.54 Å². The van der Waals surface area contributed by atoms with Crippen LogP contribution in [0.1, 0.15) is 22.6 Å². The molecule has 25 heavy (non-hydrogen) atoms. The van der Waals surface area contributed by atoms with E-state index in [-0.39, 0.29) is 24.8 Å². The van der Waals surface area contributed by atoms with Gasteiger partial charge in [-0.3, -0.25) is 9.59 Å². The van der Waals surface area contributed by atoms with Gasteiger partial charge in [-0.25, -0.2) is 4.98 Å². The van der Waals surface area contributed by atoms with Gasteiger partial charge in [0.15, 0.2) is 0 Å². The van der Waals surface area contributed by atoms with E-state index in [1.165, 1.54) is 0 Å². The second-order valence-electron chi connectivity index (χ2n) is 5.49. The molecule has 0 aliphatic carbocycles. The van der Waals surface area contributed by atoms with Crippen LogP contribution in [0.3, 0.4) is 0 Å². The molecule has 0 saturated carbocycles. The van der Waals surface area contributed by atoms with E-state index in [0.29, 0.717) is 23.0 Å². The second kappa shape index (κ2) is 7.81. The smallest absolute Gasteiger partial charge is 0.251 e. The number of aromatic amines is 1. The van der Waals surface area contributed by atoms with Crippen LogP contribution in [-0.4, -0.2) is 28.3 Å². The number of amides is 2. The third-order valence-electron chi connectivity index (χ3n) is 3.64. The average Bonchev–Trinajstić information content (AvgIpc) is 3.03. The topological polar surface area (TPSA) is 86.9 Å². The Bertz CT molecular complexity index is 856. The molecule has 128 valence electrons. The van der Waals surface area contributed by atoms with Gasteiger partial charge in [-0.05, 0) is 36.4 Å². The van der Waals surface area contributed by atoms with E-state index >= 15 is 0 Å². The molecule has 0 bridgehead atoms. The highest BCUT2D eigenvalue weighted by Gasteiger charge is 2.08. The van der Waals surface area contributed by atoms with Crippen molar-refractivity contribution in [1.82, 2.24) is 20.6 Å². The van der Waals surface area contributed by atoms with Gasteiger partial charge < -0.3 is 15.6 Å². The van der Waals surface area contributed by atoms with Crippen molar-refractivity contribution < 1.29 is 9.59 Å². The van der Waals surface area contributed by atoms with Crippen LogP contribution in [0.5, 0.6) is 0 Å². The highest BCUT2D eigenvalue weighted by atomic mass is 35.5. The number of nitrogens with one attached hydrogen (secondary N) is 3. The first-order valence-electron chi connectivity index (χ1n) is 7.86. The number of fused-ring (bicyclic) bond motifs is 1. The number of benzene rings is 2. The lowest BCUT2D eigenvalue weighted by Gasteiger charge is -2.06. The predicted molar refractivity (Wildman–Crippen MR) is 96.3 cm³/mol. The Hall–Kier alpha value is -2.86. The van der Waals surface area contributed by atoms with Crippen LogP contribution in [0, 0.1) is 0 Å². The summed E-state index contributed by atoms with van der Waals surface area (Å²) in [6, 6.07) is 14.2. The zero-order valence-corrected chi connectivity index (χ0v) is 14.1. The third-order valence-corrected chi connectivity index (χ3v) is 3.89. The molecule has 0 atom stereocenters. The maximum absolute atomic E-state index is 11.9. The summed E-state index contributed by atoms with van der Waals surface area (Å²) in [5, 5.41) is 6.05. The molecular weight excluding hydrogens is 340 g/mol. The monoisotopic (exact) mass is 356 g/mol. The van der Waals surface area contributed by atoms with Gasteiger partial charge >= 0.3 is 0 Å². The van der Waals surface area contributed by atoms with Crippen LogP contribution in [0.15, 0.2) is 48.5 Å². The first kappa shape index (κ1) is 17.0. The third kappa shape index (κ3) is 4.58. The summed E-state index contributed by atoms with van der Waals surface area (Å²) in [5.41, 5.74) is 2.30. The molecule has 6 nitrogen and oxygen atoms in total. The van der Waals surface area contributed by atoms with E-state index in [2.05, 4.69) is 20.6 Å². The predicted octanol–water partition coefficient (Wildman–Crippen LogP) is 2.65. The molecule has 0 fully saturated rings. The number of halogens is 1. The van der Waals surface area contributed by atoms with E-state index < -0.39 is 0 Å². The lowest BCUT2D eigenvalue weighted by atomic mass is 10.2. The molecule has 0 radical (unpaired) electrons. The molecule has 0 aliphatic rings. The molecule has 0 aliphatic heterocycles. The quantitative estimate of drug-likeness (QED) is 0.634. The number of para-hydroxylation sites is 2. The van der Waals surface area contributed by atoms with Crippen LogP contribution < -0.4 is 10.6 Å². The first-order valence-corrected chi connectivity index (χ1v) is 8.24. The van der Waals surface area contributed by atoms with Crippen molar-refractivity contribution in [2.45, 2.75) is 13.0 Å². The van der Waals surface area contributed by atoms with Crippen LogP contribution >= 0.6 is 11.6 Å². The fraction of sp³-hybridized carbons (Fsp3) is 0.167. The molecule has 0 spiro atoms. The Morgan fingerprint density at radius 2 is 1.80 bits per heavy atom. The Morgan fingerprint density at radius 1 is 1.04 bits per heavy atom. The standard InChI is InChI=1S/C18H17ClN4O2/c19-13-7-5-12(6-8-13)18(25)20-10-9-17(24)21-11-16-22-14-3-1-2-4-15(14)23-16/h1-8H,9-11H2,(H,20,25)(H,21,24)(H,22,23). The largest absolute Gasteiger partial charge is 0.352 e. The number of H-pyrrole nitrogens is 1. The van der Waals surface area contributed by atoms with E-state index in [1.54, 1.807) is 24.3 Å². The highest BCUT2D eigenvalue weighted by molar-refractivity contribution is 6.30. The SMILES string of the molecule is O=C(CCNC(=O)c1ccc(Cl)cc1)NCc1nc2ccccc2[nH]1. The normalized spacial score (nSPS) is 10.6. The first-order chi connectivity index (χ1) is 12.1. The van der Waals surface area contributed by atoms with Gasteiger partial charge in [-0.1, -0.05) is 23.7 Å².